The Labute approximate surface area is 184 Å². The van der Waals surface area contributed by atoms with Gasteiger partial charge in [-0.05, 0) is 77.2 Å². The highest BCUT2D eigenvalue weighted by atomic mass is 32.2. The minimum absolute atomic E-state index is 0.0703. The Morgan fingerprint density at radius 2 is 1.74 bits per heavy atom. The van der Waals surface area contributed by atoms with Gasteiger partial charge in [0.2, 0.25) is 0 Å². The third kappa shape index (κ3) is 3.79. The molecule has 0 atom stereocenters. The maximum atomic E-state index is 13.1. The molecule has 0 N–H and O–H groups in total. The molecule has 5 rings (SSSR count). The molecule has 4 aromatic rings. The Morgan fingerprint density at radius 3 is 2.45 bits per heavy atom. The molecule has 1 aliphatic rings. The van der Waals surface area contributed by atoms with Gasteiger partial charge in [-0.3, -0.25) is 4.79 Å². The van der Waals surface area contributed by atoms with E-state index in [1.165, 1.54) is 0 Å². The van der Waals surface area contributed by atoms with Crippen LogP contribution in [0.15, 0.2) is 80.9 Å². The Bertz CT molecular complexity index is 1310. The van der Waals surface area contributed by atoms with Crippen molar-refractivity contribution in [2.75, 3.05) is 13.1 Å². The predicted octanol–water partition coefficient (Wildman–Crippen LogP) is 5.24. The molecule has 0 saturated carbocycles. The first-order chi connectivity index (χ1) is 15.0. The van der Waals surface area contributed by atoms with Crippen LogP contribution in [0.3, 0.4) is 0 Å². The van der Waals surface area contributed by atoms with Crippen molar-refractivity contribution in [3.05, 3.63) is 77.2 Å². The monoisotopic (exact) mass is 451 g/mol. The fraction of sp³-hybridized carbons (Fsp3) is 0.208. The minimum Gasteiger partial charge on any atom is -0.464 e. The molecule has 2 aromatic carbocycles. The van der Waals surface area contributed by atoms with E-state index in [2.05, 4.69) is 0 Å². The van der Waals surface area contributed by atoms with E-state index < -0.39 is 15.1 Å². The molecule has 1 fully saturated rings. The average Bonchev–Trinajstić information content (AvgIpc) is 3.50. The van der Waals surface area contributed by atoms with Crippen LogP contribution in [0.5, 0.6) is 0 Å². The summed E-state index contributed by atoms with van der Waals surface area (Å²) in [6.45, 7) is 0.859. The number of hydrogen-bond acceptors (Lipinski definition) is 5. The summed E-state index contributed by atoms with van der Waals surface area (Å²) >= 11 is 1.61. The number of sulfone groups is 1. The van der Waals surface area contributed by atoms with Crippen LogP contribution in [-0.4, -0.2) is 37.6 Å². The summed E-state index contributed by atoms with van der Waals surface area (Å²) in [6.07, 6.45) is 2.48. The van der Waals surface area contributed by atoms with Gasteiger partial charge < -0.3 is 9.32 Å². The zero-order chi connectivity index (χ0) is 21.4. The van der Waals surface area contributed by atoms with Gasteiger partial charge in [-0.15, -0.1) is 0 Å². The van der Waals surface area contributed by atoms with Crippen molar-refractivity contribution < 1.29 is 17.6 Å². The number of carbonyl (C=O) groups is 1. The molecule has 0 unspecified atom stereocenters. The Balaban J connectivity index is 1.27. The molecule has 3 heterocycles. The summed E-state index contributed by atoms with van der Waals surface area (Å²) in [7, 11) is -3.43. The molecule has 0 spiro atoms. The molecular formula is C24H21NO4S2. The van der Waals surface area contributed by atoms with Gasteiger partial charge >= 0.3 is 0 Å². The standard InChI is InChI=1S/C24H21NO4S2/c26-24(19-3-6-23-18(15-19)9-13-29-23)25-11-7-22(8-12-25)31(27,28)21-4-1-17(2-5-21)20-10-14-30-16-20/h1-6,9-10,13-16,22H,7-8,11-12H2. The SMILES string of the molecule is O=C(c1ccc2occc2c1)N1CCC(S(=O)(=O)c2ccc(-c3ccsc3)cc2)CC1. The third-order valence-corrected chi connectivity index (χ3v) is 8.87. The molecule has 5 nitrogen and oxygen atoms in total. The number of amides is 1. The number of likely N-dealkylation sites (tertiary alicyclic amines) is 1. The fourth-order valence-corrected chi connectivity index (χ4v) is 6.51. The smallest absolute Gasteiger partial charge is 0.253 e. The number of thiophene rings is 1. The van der Waals surface area contributed by atoms with Gasteiger partial charge in [0.05, 0.1) is 16.4 Å². The van der Waals surface area contributed by atoms with Gasteiger partial charge in [0, 0.05) is 24.0 Å². The first-order valence-corrected chi connectivity index (χ1v) is 12.6. The number of hydrogen-bond donors (Lipinski definition) is 0. The van der Waals surface area contributed by atoms with Gasteiger partial charge in [0.25, 0.3) is 5.91 Å². The molecule has 7 heteroatoms. The van der Waals surface area contributed by atoms with Crippen molar-refractivity contribution in [3.8, 4) is 11.1 Å². The maximum absolute atomic E-state index is 13.1. The lowest BCUT2D eigenvalue weighted by Crippen LogP contribution is -2.42. The van der Waals surface area contributed by atoms with Crippen molar-refractivity contribution in [3.63, 3.8) is 0 Å². The first-order valence-electron chi connectivity index (χ1n) is 10.2. The Hall–Kier alpha value is -2.90. The molecule has 1 saturated heterocycles. The second kappa shape index (κ2) is 7.98. The molecule has 2 aromatic heterocycles. The zero-order valence-corrected chi connectivity index (χ0v) is 18.4. The maximum Gasteiger partial charge on any atom is 0.253 e. The van der Waals surface area contributed by atoms with Crippen LogP contribution >= 0.6 is 11.3 Å². The van der Waals surface area contributed by atoms with Crippen molar-refractivity contribution in [2.24, 2.45) is 0 Å². The van der Waals surface area contributed by atoms with Gasteiger partial charge in [0.15, 0.2) is 9.84 Å². The summed E-state index contributed by atoms with van der Waals surface area (Å²) in [6, 6.07) is 16.3. The fourth-order valence-electron chi connectivity index (χ4n) is 4.11. The number of furan rings is 1. The molecule has 31 heavy (non-hydrogen) atoms. The highest BCUT2D eigenvalue weighted by Crippen LogP contribution is 2.29. The Kier molecular flexibility index (Phi) is 5.16. The lowest BCUT2D eigenvalue weighted by atomic mass is 10.1. The molecule has 0 bridgehead atoms. The van der Waals surface area contributed by atoms with Crippen molar-refractivity contribution in [1.82, 2.24) is 4.90 Å². The van der Waals surface area contributed by atoms with Crippen LogP contribution in [0.1, 0.15) is 23.2 Å². The predicted molar refractivity (Wildman–Crippen MR) is 122 cm³/mol. The zero-order valence-electron chi connectivity index (χ0n) is 16.7. The molecule has 158 valence electrons. The quantitative estimate of drug-likeness (QED) is 0.426. The largest absolute Gasteiger partial charge is 0.464 e. The first kappa shape index (κ1) is 20.0. The molecular weight excluding hydrogens is 430 g/mol. The number of carbonyl (C=O) groups excluding carboxylic acids is 1. The van der Waals surface area contributed by atoms with Crippen LogP contribution in [-0.2, 0) is 9.84 Å². The average molecular weight is 452 g/mol. The number of piperidine rings is 1. The topological polar surface area (TPSA) is 67.6 Å². The number of benzene rings is 2. The van der Waals surface area contributed by atoms with E-state index in [9.17, 15) is 13.2 Å². The van der Waals surface area contributed by atoms with Crippen molar-refractivity contribution in [1.29, 1.82) is 0 Å². The summed E-state index contributed by atoms with van der Waals surface area (Å²) in [4.78, 5) is 15.0. The third-order valence-electron chi connectivity index (χ3n) is 5.90. The molecule has 0 aliphatic carbocycles. The summed E-state index contributed by atoms with van der Waals surface area (Å²) in [5, 5.41) is 4.46. The van der Waals surface area contributed by atoms with E-state index in [-0.39, 0.29) is 5.91 Å². The minimum atomic E-state index is -3.43. The van der Waals surface area contributed by atoms with Gasteiger partial charge in [-0.1, -0.05) is 12.1 Å². The van der Waals surface area contributed by atoms with E-state index in [0.29, 0.717) is 36.4 Å². The highest BCUT2D eigenvalue weighted by Gasteiger charge is 2.33. The van der Waals surface area contributed by atoms with Crippen molar-refractivity contribution >= 4 is 38.1 Å². The van der Waals surface area contributed by atoms with E-state index in [1.54, 1.807) is 46.8 Å². The molecule has 1 amide bonds. The lowest BCUT2D eigenvalue weighted by molar-refractivity contribution is 0.0726. The molecule has 1 aliphatic heterocycles. The lowest BCUT2D eigenvalue weighted by Gasteiger charge is -2.32. The van der Waals surface area contributed by atoms with Gasteiger partial charge in [-0.25, -0.2) is 8.42 Å². The summed E-state index contributed by atoms with van der Waals surface area (Å²) < 4.78 is 31.6. The normalized spacial score (nSPS) is 15.4. The number of rotatable bonds is 4. The van der Waals surface area contributed by atoms with E-state index in [1.807, 2.05) is 41.1 Å². The summed E-state index contributed by atoms with van der Waals surface area (Å²) in [5.74, 6) is -0.0703. The van der Waals surface area contributed by atoms with Crippen LogP contribution in [0.4, 0.5) is 0 Å². The Morgan fingerprint density at radius 1 is 0.968 bits per heavy atom. The van der Waals surface area contributed by atoms with Crippen LogP contribution in [0.25, 0.3) is 22.1 Å². The second-order valence-electron chi connectivity index (χ2n) is 7.75. The van der Waals surface area contributed by atoms with E-state index in [0.717, 1.165) is 22.1 Å². The molecule has 0 radical (unpaired) electrons. The van der Waals surface area contributed by atoms with Crippen LogP contribution < -0.4 is 0 Å². The van der Waals surface area contributed by atoms with Gasteiger partial charge in [-0.2, -0.15) is 11.3 Å². The van der Waals surface area contributed by atoms with Crippen LogP contribution in [0.2, 0.25) is 0 Å². The highest BCUT2D eigenvalue weighted by molar-refractivity contribution is 7.92. The number of nitrogens with zero attached hydrogens (tertiary/aromatic N) is 1. The second-order valence-corrected chi connectivity index (χ2v) is 10.8. The van der Waals surface area contributed by atoms with Crippen LogP contribution in [0, 0.1) is 0 Å². The summed E-state index contributed by atoms with van der Waals surface area (Å²) in [5.41, 5.74) is 3.44. The van der Waals surface area contributed by atoms with Gasteiger partial charge in [0.1, 0.15) is 5.58 Å². The van der Waals surface area contributed by atoms with Crippen molar-refractivity contribution in [2.45, 2.75) is 23.0 Å². The van der Waals surface area contributed by atoms with E-state index in [4.69, 9.17) is 4.42 Å². The van der Waals surface area contributed by atoms with E-state index >= 15 is 0 Å². The number of fused-ring (bicyclic) bond motifs is 1.